The molecule has 0 bridgehead atoms. The monoisotopic (exact) mass is 301 g/mol. The van der Waals surface area contributed by atoms with Crippen molar-refractivity contribution in [3.8, 4) is 0 Å². The number of nitrogens with one attached hydrogen (secondary N) is 1. The SMILES string of the molecule is C[C@H](Nc1ccc(Cl)nn1)c1ccc(C(F)(F)F)cc1. The van der Waals surface area contributed by atoms with E-state index in [0.29, 0.717) is 5.82 Å². The third kappa shape index (κ3) is 3.60. The topological polar surface area (TPSA) is 37.8 Å². The van der Waals surface area contributed by atoms with Gasteiger partial charge in [0.05, 0.1) is 5.56 Å². The van der Waals surface area contributed by atoms with Gasteiger partial charge in [0.1, 0.15) is 5.82 Å². The molecule has 0 unspecified atom stereocenters. The number of hydrogen-bond acceptors (Lipinski definition) is 3. The van der Waals surface area contributed by atoms with Gasteiger partial charge in [-0.3, -0.25) is 0 Å². The van der Waals surface area contributed by atoms with Gasteiger partial charge in [-0.15, -0.1) is 10.2 Å². The van der Waals surface area contributed by atoms with Crippen molar-refractivity contribution in [1.29, 1.82) is 0 Å². The van der Waals surface area contributed by atoms with Crippen LogP contribution >= 0.6 is 11.6 Å². The summed E-state index contributed by atoms with van der Waals surface area (Å²) in [6.45, 7) is 1.82. The number of halogens is 4. The van der Waals surface area contributed by atoms with Crippen molar-refractivity contribution in [1.82, 2.24) is 10.2 Å². The van der Waals surface area contributed by atoms with Crippen LogP contribution in [0.1, 0.15) is 24.1 Å². The van der Waals surface area contributed by atoms with Crippen LogP contribution in [0, 0.1) is 0 Å². The molecule has 0 aliphatic heterocycles. The Kier molecular flexibility index (Phi) is 4.13. The lowest BCUT2D eigenvalue weighted by Crippen LogP contribution is -2.10. The fraction of sp³-hybridized carbons (Fsp3) is 0.231. The fourth-order valence-corrected chi connectivity index (χ4v) is 1.76. The second-order valence-electron chi connectivity index (χ2n) is 4.23. The third-order valence-electron chi connectivity index (χ3n) is 2.73. The van der Waals surface area contributed by atoms with E-state index >= 15 is 0 Å². The summed E-state index contributed by atoms with van der Waals surface area (Å²) in [6, 6.07) is 8.01. The minimum atomic E-state index is -4.32. The van der Waals surface area contributed by atoms with Crippen molar-refractivity contribution in [2.24, 2.45) is 0 Å². The molecule has 0 saturated carbocycles. The van der Waals surface area contributed by atoms with Crippen LogP contribution in [0.15, 0.2) is 36.4 Å². The lowest BCUT2D eigenvalue weighted by Gasteiger charge is -2.15. The number of aromatic nitrogens is 2. The van der Waals surface area contributed by atoms with E-state index in [2.05, 4.69) is 15.5 Å². The summed E-state index contributed by atoms with van der Waals surface area (Å²) < 4.78 is 37.4. The zero-order chi connectivity index (χ0) is 14.8. The van der Waals surface area contributed by atoms with Gasteiger partial charge in [0.2, 0.25) is 0 Å². The molecule has 0 saturated heterocycles. The molecule has 0 aliphatic carbocycles. The molecule has 0 fully saturated rings. The molecule has 2 aromatic rings. The molecule has 1 heterocycles. The minimum Gasteiger partial charge on any atom is -0.362 e. The Morgan fingerprint density at radius 2 is 1.70 bits per heavy atom. The molecular formula is C13H11ClF3N3. The first-order valence-corrected chi connectivity index (χ1v) is 6.17. The van der Waals surface area contributed by atoms with Crippen molar-refractivity contribution in [3.63, 3.8) is 0 Å². The Morgan fingerprint density at radius 1 is 1.05 bits per heavy atom. The average molecular weight is 302 g/mol. The van der Waals surface area contributed by atoms with Crippen LogP contribution in [0.3, 0.4) is 0 Å². The van der Waals surface area contributed by atoms with Gasteiger partial charge in [-0.25, -0.2) is 0 Å². The van der Waals surface area contributed by atoms with E-state index in [4.69, 9.17) is 11.6 Å². The van der Waals surface area contributed by atoms with Crippen molar-refractivity contribution in [2.45, 2.75) is 19.1 Å². The van der Waals surface area contributed by atoms with Gasteiger partial charge in [-0.05, 0) is 36.8 Å². The van der Waals surface area contributed by atoms with Crippen molar-refractivity contribution >= 4 is 17.4 Å². The highest BCUT2D eigenvalue weighted by molar-refractivity contribution is 6.29. The van der Waals surface area contributed by atoms with Crippen molar-refractivity contribution in [2.75, 3.05) is 5.32 Å². The molecule has 106 valence electrons. The number of alkyl halides is 3. The molecule has 1 aromatic carbocycles. The highest BCUT2D eigenvalue weighted by atomic mass is 35.5. The van der Waals surface area contributed by atoms with Gasteiger partial charge in [-0.1, -0.05) is 23.7 Å². The average Bonchev–Trinajstić information content (AvgIpc) is 2.40. The maximum Gasteiger partial charge on any atom is 0.416 e. The summed E-state index contributed by atoms with van der Waals surface area (Å²) in [5, 5.41) is 10.8. The molecule has 0 spiro atoms. The Hall–Kier alpha value is -1.82. The fourth-order valence-electron chi connectivity index (χ4n) is 1.66. The first-order valence-electron chi connectivity index (χ1n) is 5.79. The number of anilines is 1. The zero-order valence-electron chi connectivity index (χ0n) is 10.4. The van der Waals surface area contributed by atoms with E-state index in [1.165, 1.54) is 12.1 Å². The molecule has 1 N–H and O–H groups in total. The normalized spacial score (nSPS) is 13.1. The summed E-state index contributed by atoms with van der Waals surface area (Å²) in [7, 11) is 0. The summed E-state index contributed by atoms with van der Waals surface area (Å²) in [5.41, 5.74) is 0.0504. The van der Waals surface area contributed by atoms with Gasteiger partial charge in [0.15, 0.2) is 5.15 Å². The number of rotatable bonds is 3. The highest BCUT2D eigenvalue weighted by Gasteiger charge is 2.30. The maximum atomic E-state index is 12.5. The van der Waals surface area contributed by atoms with Crippen LogP contribution in [0.2, 0.25) is 5.15 Å². The molecule has 1 aromatic heterocycles. The van der Waals surface area contributed by atoms with Crippen molar-refractivity contribution < 1.29 is 13.2 Å². The van der Waals surface area contributed by atoms with Crippen LogP contribution < -0.4 is 5.32 Å². The van der Waals surface area contributed by atoms with Crippen molar-refractivity contribution in [3.05, 3.63) is 52.7 Å². The second-order valence-corrected chi connectivity index (χ2v) is 4.61. The smallest absolute Gasteiger partial charge is 0.362 e. The van der Waals surface area contributed by atoms with Gasteiger partial charge in [0, 0.05) is 6.04 Å². The molecule has 0 radical (unpaired) electrons. The summed E-state index contributed by atoms with van der Waals surface area (Å²) in [5.74, 6) is 0.502. The number of nitrogens with zero attached hydrogens (tertiary/aromatic N) is 2. The Bertz CT molecular complexity index is 567. The van der Waals surface area contributed by atoms with Crippen LogP contribution in [0.5, 0.6) is 0 Å². The molecule has 7 heteroatoms. The van der Waals surface area contributed by atoms with E-state index in [9.17, 15) is 13.2 Å². The lowest BCUT2D eigenvalue weighted by atomic mass is 10.1. The van der Waals surface area contributed by atoms with Crippen LogP contribution in [0.4, 0.5) is 19.0 Å². The Morgan fingerprint density at radius 3 is 2.20 bits per heavy atom. The molecule has 20 heavy (non-hydrogen) atoms. The number of hydrogen-bond donors (Lipinski definition) is 1. The second kappa shape index (κ2) is 5.66. The molecule has 0 amide bonds. The first-order chi connectivity index (χ1) is 9.36. The first kappa shape index (κ1) is 14.6. The summed E-state index contributed by atoms with van der Waals surface area (Å²) >= 11 is 5.62. The van der Waals surface area contributed by atoms with Gasteiger partial charge < -0.3 is 5.32 Å². The van der Waals surface area contributed by atoms with Crippen LogP contribution in [-0.4, -0.2) is 10.2 Å². The van der Waals surface area contributed by atoms with E-state index in [-0.39, 0.29) is 11.2 Å². The quantitative estimate of drug-likeness (QED) is 0.917. The van der Waals surface area contributed by atoms with Crippen LogP contribution in [0.25, 0.3) is 0 Å². The minimum absolute atomic E-state index is 0.201. The third-order valence-corrected chi connectivity index (χ3v) is 2.94. The molecule has 1 atom stereocenters. The summed E-state index contributed by atoms with van der Waals surface area (Å²) in [4.78, 5) is 0. The maximum absolute atomic E-state index is 12.5. The predicted octanol–water partition coefficient (Wildman–Crippen LogP) is 4.32. The van der Waals surface area contributed by atoms with E-state index in [0.717, 1.165) is 17.7 Å². The lowest BCUT2D eigenvalue weighted by molar-refractivity contribution is -0.137. The number of benzene rings is 1. The summed E-state index contributed by atoms with van der Waals surface area (Å²) in [6.07, 6.45) is -4.32. The zero-order valence-corrected chi connectivity index (χ0v) is 11.2. The molecule has 2 rings (SSSR count). The largest absolute Gasteiger partial charge is 0.416 e. The highest BCUT2D eigenvalue weighted by Crippen LogP contribution is 2.30. The van der Waals surface area contributed by atoms with Gasteiger partial charge >= 0.3 is 6.18 Å². The predicted molar refractivity (Wildman–Crippen MR) is 70.5 cm³/mol. The molecule has 0 aliphatic rings. The Labute approximate surface area is 118 Å². The Balaban J connectivity index is 2.09. The van der Waals surface area contributed by atoms with Gasteiger partial charge in [0.25, 0.3) is 0 Å². The van der Waals surface area contributed by atoms with E-state index in [1.54, 1.807) is 12.1 Å². The standard InChI is InChI=1S/C13H11ClF3N3/c1-8(18-12-7-6-11(14)19-20-12)9-2-4-10(5-3-9)13(15,16)17/h2-8H,1H3,(H,18,20)/t8-/m0/s1. The molecule has 3 nitrogen and oxygen atoms in total. The molecular weight excluding hydrogens is 291 g/mol. The van der Waals surface area contributed by atoms with E-state index < -0.39 is 11.7 Å². The van der Waals surface area contributed by atoms with Gasteiger partial charge in [-0.2, -0.15) is 13.2 Å². The van der Waals surface area contributed by atoms with E-state index in [1.807, 2.05) is 6.92 Å². The van der Waals surface area contributed by atoms with Crippen LogP contribution in [-0.2, 0) is 6.18 Å².